The van der Waals surface area contributed by atoms with Gasteiger partial charge in [-0.2, -0.15) is 17.5 Å². The van der Waals surface area contributed by atoms with E-state index in [0.717, 1.165) is 0 Å². The van der Waals surface area contributed by atoms with Crippen LogP contribution in [0.4, 0.5) is 0 Å². The Morgan fingerprint density at radius 1 is 0.864 bits per heavy atom. The Labute approximate surface area is 153 Å². The van der Waals surface area contributed by atoms with Crippen LogP contribution in [-0.2, 0) is 21.7 Å². The fourth-order valence-electron chi connectivity index (χ4n) is 1.66. The molecule has 0 aliphatic heterocycles. The Morgan fingerprint density at radius 3 is 1.91 bits per heavy atom. The van der Waals surface area contributed by atoms with Gasteiger partial charge in [0.25, 0.3) is 0 Å². The van der Waals surface area contributed by atoms with E-state index in [1.165, 1.54) is 10.8 Å². The molecule has 4 radical (unpaired) electrons. The van der Waals surface area contributed by atoms with Crippen molar-refractivity contribution >= 4 is 27.6 Å². The van der Waals surface area contributed by atoms with Crippen LogP contribution >= 0.6 is 0 Å². The molecule has 0 saturated carbocycles. The van der Waals surface area contributed by atoms with E-state index in [1.807, 2.05) is 6.07 Å². The SMILES string of the molecule is [CH3-].[CH3-].[NH-]C(=O)c1ccccc1.[Si].[Ti+4].c1ccc2[cH-]ccc2c1. The van der Waals surface area contributed by atoms with Crippen molar-refractivity contribution < 1.29 is 26.5 Å². The van der Waals surface area contributed by atoms with Crippen molar-refractivity contribution in [2.45, 2.75) is 0 Å². The van der Waals surface area contributed by atoms with Crippen LogP contribution in [0.3, 0.4) is 0 Å². The zero-order valence-corrected chi connectivity index (χ0v) is 15.4. The van der Waals surface area contributed by atoms with Gasteiger partial charge >= 0.3 is 21.7 Å². The summed E-state index contributed by atoms with van der Waals surface area (Å²) in [4.78, 5) is 10.3. The van der Waals surface area contributed by atoms with Crippen LogP contribution < -0.4 is 0 Å². The number of carbonyl (C=O) groups excluding carboxylic acids is 1. The largest absolute Gasteiger partial charge is 4.00 e. The molecule has 3 aromatic carbocycles. The quantitative estimate of drug-likeness (QED) is 0.456. The smallest absolute Gasteiger partial charge is 0.664 e. The minimum atomic E-state index is -0.629. The third kappa shape index (κ3) is 7.46. The molecular weight excluding hydrogens is 322 g/mol. The maximum atomic E-state index is 10.3. The van der Waals surface area contributed by atoms with E-state index in [-0.39, 0.29) is 47.5 Å². The Bertz CT molecular complexity index is 607. The first-order chi connectivity index (χ1) is 8.77. The van der Waals surface area contributed by atoms with Crippen LogP contribution in [0, 0.1) is 14.9 Å². The second kappa shape index (κ2) is 13.1. The van der Waals surface area contributed by atoms with Crippen LogP contribution in [0.2, 0.25) is 0 Å². The van der Waals surface area contributed by atoms with Crippen LogP contribution in [0.1, 0.15) is 10.4 Å². The van der Waals surface area contributed by atoms with E-state index in [1.54, 1.807) is 24.3 Å². The van der Waals surface area contributed by atoms with Gasteiger partial charge in [0.1, 0.15) is 0 Å². The van der Waals surface area contributed by atoms with E-state index >= 15 is 0 Å². The Balaban J connectivity index is -0.000000278. The normalized spacial score (nSPS) is 7.82. The molecule has 1 N–H and O–H groups in total. The molecule has 4 heteroatoms. The standard InChI is InChI=1S/C9H7.C7H7NO.2CH3.Si.Ti/c1-2-5-9-7-3-6-8(9)4-1;8-7(9)6-4-2-1-3-5-6;;;;/h1-7H;1-5H,(H2,8,9);2*1H3;;/q-1;;2*-1;;+4/p-1. The molecule has 110 valence electrons. The van der Waals surface area contributed by atoms with Crippen molar-refractivity contribution in [3.8, 4) is 0 Å². The van der Waals surface area contributed by atoms with Gasteiger partial charge in [0.2, 0.25) is 0 Å². The Morgan fingerprint density at radius 2 is 1.41 bits per heavy atom. The average Bonchev–Trinajstić information content (AvgIpc) is 2.89. The van der Waals surface area contributed by atoms with Crippen LogP contribution in [0.5, 0.6) is 0 Å². The third-order valence-corrected chi connectivity index (χ3v) is 2.58. The molecule has 0 aliphatic carbocycles. The van der Waals surface area contributed by atoms with Crippen molar-refractivity contribution in [1.29, 1.82) is 0 Å². The first-order valence-corrected chi connectivity index (χ1v) is 5.69. The number of hydrogen-bond donors (Lipinski definition) is 0. The van der Waals surface area contributed by atoms with Gasteiger partial charge in [0.05, 0.1) is 5.91 Å². The molecular formula is C18H19NOSiTi. The fraction of sp³-hybridized carbons (Fsp3) is 0. The molecule has 22 heavy (non-hydrogen) atoms. The monoisotopic (exact) mass is 341 g/mol. The molecule has 1 amide bonds. The summed E-state index contributed by atoms with van der Waals surface area (Å²) in [6.07, 6.45) is 0. The van der Waals surface area contributed by atoms with Crippen LogP contribution in [0.15, 0.2) is 72.8 Å². The van der Waals surface area contributed by atoms with Crippen molar-refractivity contribution in [2.75, 3.05) is 0 Å². The Hall–Kier alpha value is -1.55. The number of nitrogens with one attached hydrogen (secondary N) is 1. The van der Waals surface area contributed by atoms with E-state index in [9.17, 15) is 4.79 Å². The van der Waals surface area contributed by atoms with Gasteiger partial charge in [-0.15, -0.1) is 29.7 Å². The predicted octanol–water partition coefficient (Wildman–Crippen LogP) is 4.95. The predicted molar refractivity (Wildman–Crippen MR) is 93.2 cm³/mol. The molecule has 0 fully saturated rings. The molecule has 0 heterocycles. The minimum Gasteiger partial charge on any atom is -0.664 e. The van der Waals surface area contributed by atoms with Gasteiger partial charge in [-0.1, -0.05) is 36.4 Å². The fourth-order valence-corrected chi connectivity index (χ4v) is 1.66. The number of carbonyl (C=O) groups is 1. The number of benzene rings is 2. The van der Waals surface area contributed by atoms with E-state index in [4.69, 9.17) is 5.73 Å². The number of amides is 1. The minimum absolute atomic E-state index is 0. The van der Waals surface area contributed by atoms with Crippen LogP contribution in [-0.4, -0.2) is 16.9 Å². The van der Waals surface area contributed by atoms with E-state index in [0.29, 0.717) is 5.56 Å². The number of fused-ring (bicyclic) bond motifs is 1. The maximum absolute atomic E-state index is 10.3. The summed E-state index contributed by atoms with van der Waals surface area (Å²) in [5, 5.41) is 2.66. The van der Waals surface area contributed by atoms with Gasteiger partial charge in [-0.05, 0) is 5.56 Å². The van der Waals surface area contributed by atoms with Crippen molar-refractivity contribution in [1.82, 2.24) is 0 Å². The molecule has 2 nitrogen and oxygen atoms in total. The summed E-state index contributed by atoms with van der Waals surface area (Å²) in [5.41, 5.74) is 7.12. The topological polar surface area (TPSA) is 40.9 Å². The second-order valence-electron chi connectivity index (χ2n) is 3.85. The third-order valence-electron chi connectivity index (χ3n) is 2.58. The second-order valence-corrected chi connectivity index (χ2v) is 3.85. The van der Waals surface area contributed by atoms with E-state index in [2.05, 4.69) is 42.5 Å². The molecule has 3 rings (SSSR count). The summed E-state index contributed by atoms with van der Waals surface area (Å²) in [7, 11) is 0. The van der Waals surface area contributed by atoms with Crippen molar-refractivity contribution in [3.63, 3.8) is 0 Å². The molecule has 0 bridgehead atoms. The summed E-state index contributed by atoms with van der Waals surface area (Å²) < 4.78 is 0. The molecule has 0 aromatic heterocycles. The van der Waals surface area contributed by atoms with Gasteiger partial charge < -0.3 is 25.4 Å². The molecule has 3 aromatic rings. The molecule has 0 saturated heterocycles. The van der Waals surface area contributed by atoms with Crippen molar-refractivity contribution in [2.24, 2.45) is 0 Å². The number of hydrogen-bond acceptors (Lipinski definition) is 1. The van der Waals surface area contributed by atoms with Crippen LogP contribution in [0.25, 0.3) is 16.5 Å². The number of rotatable bonds is 1. The maximum Gasteiger partial charge on any atom is 4.00 e. The van der Waals surface area contributed by atoms with Gasteiger partial charge in [-0.25, -0.2) is 0 Å². The molecule has 0 aliphatic rings. The van der Waals surface area contributed by atoms with Gasteiger partial charge in [0.15, 0.2) is 0 Å². The molecule has 0 spiro atoms. The van der Waals surface area contributed by atoms with E-state index < -0.39 is 5.91 Å². The van der Waals surface area contributed by atoms with Gasteiger partial charge in [0, 0.05) is 11.0 Å². The van der Waals surface area contributed by atoms with Gasteiger partial charge in [-0.3, -0.25) is 0 Å². The first kappa shape index (κ1) is 25.4. The summed E-state index contributed by atoms with van der Waals surface area (Å²) in [5.74, 6) is -0.629. The summed E-state index contributed by atoms with van der Waals surface area (Å²) >= 11 is 0. The Kier molecular flexibility index (Phi) is 15.2. The molecule has 0 unspecified atom stereocenters. The summed E-state index contributed by atoms with van der Waals surface area (Å²) in [6, 6.07) is 23.2. The molecule has 0 atom stereocenters. The average molecular weight is 341 g/mol. The zero-order chi connectivity index (χ0) is 12.8. The first-order valence-electron chi connectivity index (χ1n) is 5.69. The summed E-state index contributed by atoms with van der Waals surface area (Å²) in [6.45, 7) is 0. The zero-order valence-electron chi connectivity index (χ0n) is 12.8. The van der Waals surface area contributed by atoms with Crippen molar-refractivity contribution in [3.05, 3.63) is 98.9 Å².